The fraction of sp³-hybridized carbons (Fsp3) is 0.387. The summed E-state index contributed by atoms with van der Waals surface area (Å²) in [5.74, 6) is -0.105. The smallest absolute Gasteiger partial charge is 0.266 e. The van der Waals surface area contributed by atoms with Crippen molar-refractivity contribution in [3.63, 3.8) is 0 Å². The SMILES string of the molecule is CCCCCCN1C(=O)C(=Cc2cn(-c3ccccc3)nc2-c2cccc(S(=O)(=O)N3CC(C)OC(C)C3)c2)SC1=S. The van der Waals surface area contributed by atoms with E-state index in [1.807, 2.05) is 62.5 Å². The van der Waals surface area contributed by atoms with Crippen molar-refractivity contribution in [3.05, 3.63) is 71.3 Å². The molecule has 2 unspecified atom stereocenters. The number of benzene rings is 2. The Kier molecular flexibility index (Phi) is 9.64. The second-order valence-electron chi connectivity index (χ2n) is 10.7. The van der Waals surface area contributed by atoms with Crippen LogP contribution in [0.5, 0.6) is 0 Å². The zero-order chi connectivity index (χ0) is 29.9. The number of unbranched alkanes of at least 4 members (excludes halogenated alkanes) is 3. The molecule has 8 nitrogen and oxygen atoms in total. The van der Waals surface area contributed by atoms with E-state index in [0.29, 0.717) is 45.7 Å². The maximum atomic E-state index is 13.7. The Morgan fingerprint density at radius 1 is 1.05 bits per heavy atom. The fourth-order valence-electron chi connectivity index (χ4n) is 5.24. The summed E-state index contributed by atoms with van der Waals surface area (Å²) in [6.07, 6.45) is 7.53. The number of ether oxygens (including phenoxy) is 1. The Balaban J connectivity index is 1.51. The first-order valence-corrected chi connectivity index (χ1v) is 17.0. The number of morpholine rings is 1. The van der Waals surface area contributed by atoms with E-state index in [1.54, 1.807) is 27.8 Å². The molecule has 2 fully saturated rings. The van der Waals surface area contributed by atoms with Crippen LogP contribution in [-0.2, 0) is 19.6 Å². The number of thiocarbonyl (C=S) groups is 1. The Morgan fingerprint density at radius 3 is 2.50 bits per heavy atom. The molecule has 0 N–H and O–H groups in total. The highest BCUT2D eigenvalue weighted by Gasteiger charge is 2.34. The number of carbonyl (C=O) groups excluding carboxylic acids is 1. The van der Waals surface area contributed by atoms with E-state index in [9.17, 15) is 13.2 Å². The molecule has 1 amide bonds. The second-order valence-corrected chi connectivity index (χ2v) is 14.3. The summed E-state index contributed by atoms with van der Waals surface area (Å²) in [6.45, 7) is 7.12. The van der Waals surface area contributed by atoms with Crippen molar-refractivity contribution in [2.45, 2.75) is 63.6 Å². The minimum absolute atomic E-state index is 0.105. The quantitative estimate of drug-likeness (QED) is 0.153. The predicted octanol–water partition coefficient (Wildman–Crippen LogP) is 6.12. The van der Waals surface area contributed by atoms with E-state index in [0.717, 1.165) is 31.4 Å². The van der Waals surface area contributed by atoms with E-state index in [1.165, 1.54) is 16.1 Å². The molecule has 2 saturated heterocycles. The predicted molar refractivity (Wildman–Crippen MR) is 172 cm³/mol. The van der Waals surface area contributed by atoms with Gasteiger partial charge in [-0.15, -0.1) is 0 Å². The van der Waals surface area contributed by atoms with Gasteiger partial charge in [0.1, 0.15) is 10.0 Å². The molecule has 0 aliphatic carbocycles. The Morgan fingerprint density at radius 2 is 1.79 bits per heavy atom. The molecular weight excluding hydrogens is 589 g/mol. The van der Waals surface area contributed by atoms with Crippen LogP contribution in [0.4, 0.5) is 0 Å². The van der Waals surface area contributed by atoms with Gasteiger partial charge in [-0.1, -0.05) is 80.5 Å². The third-order valence-corrected chi connectivity index (χ3v) is 10.5. The van der Waals surface area contributed by atoms with Gasteiger partial charge in [0.05, 0.1) is 27.7 Å². The molecule has 2 aliphatic rings. The number of sulfonamides is 1. The molecule has 2 atom stereocenters. The van der Waals surface area contributed by atoms with E-state index < -0.39 is 10.0 Å². The molecule has 2 aromatic carbocycles. The lowest BCUT2D eigenvalue weighted by atomic mass is 10.1. The van der Waals surface area contributed by atoms with Crippen molar-refractivity contribution in [2.75, 3.05) is 19.6 Å². The van der Waals surface area contributed by atoms with Gasteiger partial charge in [-0.3, -0.25) is 9.69 Å². The van der Waals surface area contributed by atoms with Crippen LogP contribution in [0.25, 0.3) is 23.0 Å². The van der Waals surface area contributed by atoms with Crippen LogP contribution in [0, 0.1) is 0 Å². The van der Waals surface area contributed by atoms with Crippen molar-refractivity contribution < 1.29 is 17.9 Å². The molecule has 11 heteroatoms. The van der Waals surface area contributed by atoms with Gasteiger partial charge in [-0.25, -0.2) is 13.1 Å². The minimum Gasteiger partial charge on any atom is -0.373 e. The number of nitrogens with zero attached hydrogens (tertiary/aromatic N) is 4. The third kappa shape index (κ3) is 6.70. The molecule has 3 heterocycles. The number of rotatable bonds is 10. The Hall–Kier alpha value is -2.83. The summed E-state index contributed by atoms with van der Waals surface area (Å²) in [5, 5.41) is 4.86. The lowest BCUT2D eigenvalue weighted by Crippen LogP contribution is -2.48. The number of hydrogen-bond donors (Lipinski definition) is 0. The molecule has 5 rings (SSSR count). The molecule has 0 radical (unpaired) electrons. The van der Waals surface area contributed by atoms with Crippen molar-refractivity contribution in [2.24, 2.45) is 0 Å². The molecule has 2 aliphatic heterocycles. The molecule has 42 heavy (non-hydrogen) atoms. The molecule has 3 aromatic rings. The second kappa shape index (κ2) is 13.2. The van der Waals surface area contributed by atoms with Gasteiger partial charge in [-0.05, 0) is 50.6 Å². The van der Waals surface area contributed by atoms with Crippen LogP contribution < -0.4 is 0 Å². The van der Waals surface area contributed by atoms with Crippen molar-refractivity contribution in [1.29, 1.82) is 0 Å². The first-order valence-electron chi connectivity index (χ1n) is 14.3. The van der Waals surface area contributed by atoms with Crippen LogP contribution in [-0.4, -0.2) is 69.5 Å². The van der Waals surface area contributed by atoms with E-state index in [4.69, 9.17) is 22.1 Å². The van der Waals surface area contributed by atoms with Crippen LogP contribution in [0.3, 0.4) is 0 Å². The van der Waals surface area contributed by atoms with Gasteiger partial charge in [0.2, 0.25) is 10.0 Å². The number of thioether (sulfide) groups is 1. The van der Waals surface area contributed by atoms with Crippen LogP contribution in [0.2, 0.25) is 0 Å². The van der Waals surface area contributed by atoms with Gasteiger partial charge in [0.25, 0.3) is 5.91 Å². The molecule has 0 bridgehead atoms. The van der Waals surface area contributed by atoms with E-state index in [2.05, 4.69) is 6.92 Å². The number of amides is 1. The van der Waals surface area contributed by atoms with Crippen molar-refractivity contribution >= 4 is 50.3 Å². The summed E-state index contributed by atoms with van der Waals surface area (Å²) in [6, 6.07) is 16.5. The summed E-state index contributed by atoms with van der Waals surface area (Å²) >= 11 is 6.85. The first-order chi connectivity index (χ1) is 20.2. The minimum atomic E-state index is -3.75. The molecular formula is C31H36N4O4S3. The third-order valence-electron chi connectivity index (χ3n) is 7.29. The number of carbonyl (C=O) groups is 1. The van der Waals surface area contributed by atoms with Crippen molar-refractivity contribution in [3.8, 4) is 16.9 Å². The zero-order valence-electron chi connectivity index (χ0n) is 24.1. The van der Waals surface area contributed by atoms with Gasteiger partial charge in [0, 0.05) is 37.0 Å². The fourth-order valence-corrected chi connectivity index (χ4v) is 8.18. The van der Waals surface area contributed by atoms with Crippen LogP contribution in [0.1, 0.15) is 52.0 Å². The highest BCUT2D eigenvalue weighted by Crippen LogP contribution is 2.36. The zero-order valence-corrected chi connectivity index (χ0v) is 26.6. The topological polar surface area (TPSA) is 84.7 Å². The van der Waals surface area contributed by atoms with E-state index in [-0.39, 0.29) is 23.0 Å². The first kappa shape index (κ1) is 30.6. The average Bonchev–Trinajstić information content (AvgIpc) is 3.51. The monoisotopic (exact) mass is 624 g/mol. The number of hydrogen-bond acceptors (Lipinski definition) is 7. The maximum absolute atomic E-state index is 13.7. The van der Waals surface area contributed by atoms with Crippen LogP contribution >= 0.6 is 24.0 Å². The average molecular weight is 625 g/mol. The summed E-state index contributed by atoms with van der Waals surface area (Å²) < 4.78 is 36.9. The molecule has 0 spiro atoms. The molecule has 1 aromatic heterocycles. The maximum Gasteiger partial charge on any atom is 0.266 e. The lowest BCUT2D eigenvalue weighted by Gasteiger charge is -2.34. The lowest BCUT2D eigenvalue weighted by molar-refractivity contribution is -0.122. The highest BCUT2D eigenvalue weighted by atomic mass is 32.2. The van der Waals surface area contributed by atoms with Gasteiger partial charge in [0.15, 0.2) is 0 Å². The molecule has 222 valence electrons. The molecule has 0 saturated carbocycles. The van der Waals surface area contributed by atoms with Crippen molar-refractivity contribution in [1.82, 2.24) is 19.0 Å². The number of aromatic nitrogens is 2. The van der Waals surface area contributed by atoms with E-state index >= 15 is 0 Å². The van der Waals surface area contributed by atoms with Gasteiger partial charge >= 0.3 is 0 Å². The summed E-state index contributed by atoms with van der Waals surface area (Å²) in [5.41, 5.74) is 2.77. The summed E-state index contributed by atoms with van der Waals surface area (Å²) in [4.78, 5) is 15.8. The Bertz CT molecular complexity index is 1580. The van der Waals surface area contributed by atoms with Crippen LogP contribution in [0.15, 0.2) is 70.6 Å². The summed E-state index contributed by atoms with van der Waals surface area (Å²) in [7, 11) is -3.75. The van der Waals surface area contributed by atoms with Gasteiger partial charge in [-0.2, -0.15) is 9.40 Å². The highest BCUT2D eigenvalue weighted by molar-refractivity contribution is 8.26. The van der Waals surface area contributed by atoms with Gasteiger partial charge < -0.3 is 4.74 Å². The standard InChI is InChI=1S/C31H36N4O4S3/c1-4-5-6-10-16-34-30(36)28(41-31(34)40)18-25-21-35(26-13-8-7-9-14-26)32-29(25)24-12-11-15-27(17-24)42(37,38)33-19-22(2)39-23(3)20-33/h7-9,11-15,17-18,21-23H,4-6,10,16,19-20H2,1-3H3. The Labute approximate surface area is 257 Å². The normalized spacial score (nSPS) is 21.0. The largest absolute Gasteiger partial charge is 0.373 e. The number of para-hydroxylation sites is 1.